The summed E-state index contributed by atoms with van der Waals surface area (Å²) in [4.78, 5) is 33.0. The van der Waals surface area contributed by atoms with Crippen LogP contribution >= 0.6 is 0 Å². The van der Waals surface area contributed by atoms with E-state index in [1.165, 1.54) is 30.6 Å². The number of nitro benzene ring substituents is 1. The van der Waals surface area contributed by atoms with E-state index in [0.29, 0.717) is 11.4 Å². The molecule has 0 spiro atoms. The summed E-state index contributed by atoms with van der Waals surface area (Å²) in [5.74, 6) is 1.55. The molecule has 0 bridgehead atoms. The molecule has 2 heterocycles. The first kappa shape index (κ1) is 16.8. The highest BCUT2D eigenvalue weighted by atomic mass is 16.6. The van der Waals surface area contributed by atoms with Crippen LogP contribution in [0, 0.1) is 16.0 Å². The Morgan fingerprint density at radius 2 is 1.92 bits per heavy atom. The van der Waals surface area contributed by atoms with Gasteiger partial charge in [0.2, 0.25) is 0 Å². The van der Waals surface area contributed by atoms with Gasteiger partial charge in [-0.3, -0.25) is 14.9 Å². The number of benzene rings is 1. The lowest BCUT2D eigenvalue weighted by Crippen LogP contribution is -2.33. The topological polar surface area (TPSA) is 101 Å². The molecule has 0 atom stereocenters. The van der Waals surface area contributed by atoms with Crippen molar-refractivity contribution in [2.45, 2.75) is 19.8 Å². The molecule has 1 N–H and O–H groups in total. The quantitative estimate of drug-likeness (QED) is 0.678. The van der Waals surface area contributed by atoms with Crippen LogP contribution in [0.3, 0.4) is 0 Å². The van der Waals surface area contributed by atoms with Gasteiger partial charge in [-0.2, -0.15) is 0 Å². The molecule has 130 valence electrons. The Kier molecular flexibility index (Phi) is 4.87. The molecule has 8 heteroatoms. The van der Waals surface area contributed by atoms with Crippen LogP contribution < -0.4 is 10.2 Å². The average Bonchev–Trinajstić information content (AvgIpc) is 2.62. The minimum Gasteiger partial charge on any atom is -0.356 e. The van der Waals surface area contributed by atoms with E-state index in [-0.39, 0.29) is 11.6 Å². The summed E-state index contributed by atoms with van der Waals surface area (Å²) in [6.45, 7) is 4.12. The molecule has 25 heavy (non-hydrogen) atoms. The highest BCUT2D eigenvalue weighted by molar-refractivity contribution is 6.04. The number of carbonyl (C=O) groups is 1. The van der Waals surface area contributed by atoms with Gasteiger partial charge in [0.1, 0.15) is 18.0 Å². The Balaban J connectivity index is 1.69. The van der Waals surface area contributed by atoms with Crippen molar-refractivity contribution in [1.29, 1.82) is 0 Å². The van der Waals surface area contributed by atoms with Gasteiger partial charge in [0, 0.05) is 36.9 Å². The second-order valence-corrected chi connectivity index (χ2v) is 6.19. The predicted molar refractivity (Wildman–Crippen MR) is 93.7 cm³/mol. The van der Waals surface area contributed by atoms with E-state index in [4.69, 9.17) is 0 Å². The highest BCUT2D eigenvalue weighted by Crippen LogP contribution is 2.22. The van der Waals surface area contributed by atoms with Crippen LogP contribution in [0.4, 0.5) is 17.3 Å². The lowest BCUT2D eigenvalue weighted by molar-refractivity contribution is -0.384. The summed E-state index contributed by atoms with van der Waals surface area (Å²) >= 11 is 0. The fourth-order valence-electron chi connectivity index (χ4n) is 2.75. The van der Waals surface area contributed by atoms with E-state index in [0.717, 1.165) is 37.7 Å². The van der Waals surface area contributed by atoms with Gasteiger partial charge in [-0.1, -0.05) is 6.92 Å². The van der Waals surface area contributed by atoms with Crippen molar-refractivity contribution in [3.8, 4) is 0 Å². The lowest BCUT2D eigenvalue weighted by Gasteiger charge is -2.31. The van der Waals surface area contributed by atoms with Crippen molar-refractivity contribution in [1.82, 2.24) is 9.97 Å². The third-order valence-electron chi connectivity index (χ3n) is 4.34. The Bertz CT molecular complexity index is 770. The maximum atomic E-state index is 12.3. The zero-order valence-corrected chi connectivity index (χ0v) is 13.9. The minimum atomic E-state index is -0.502. The Labute approximate surface area is 145 Å². The molecule has 1 fully saturated rings. The maximum Gasteiger partial charge on any atom is 0.269 e. The van der Waals surface area contributed by atoms with Crippen LogP contribution in [0.2, 0.25) is 0 Å². The van der Waals surface area contributed by atoms with E-state index in [1.807, 2.05) is 0 Å². The standard InChI is InChI=1S/C17H19N5O3/c1-12-6-8-21(9-7-12)16-10-15(18-11-19-16)20-17(23)13-2-4-14(5-3-13)22(24)25/h2-5,10-12H,6-9H2,1H3,(H,18,19,20,23). The SMILES string of the molecule is CC1CCN(c2cc(NC(=O)c3ccc([N+](=O)[O-])cc3)ncn2)CC1. The molecule has 1 saturated heterocycles. The number of non-ortho nitro benzene ring substituents is 1. The van der Waals surface area contributed by atoms with Crippen LogP contribution in [0.5, 0.6) is 0 Å². The zero-order valence-electron chi connectivity index (χ0n) is 13.9. The molecule has 1 aliphatic heterocycles. The number of aromatic nitrogens is 2. The van der Waals surface area contributed by atoms with Gasteiger partial charge in [-0.05, 0) is 30.9 Å². The third kappa shape index (κ3) is 4.09. The van der Waals surface area contributed by atoms with E-state index >= 15 is 0 Å². The largest absolute Gasteiger partial charge is 0.356 e. The molecule has 0 aliphatic carbocycles. The summed E-state index contributed by atoms with van der Waals surface area (Å²) in [6.07, 6.45) is 3.67. The smallest absolute Gasteiger partial charge is 0.269 e. The summed E-state index contributed by atoms with van der Waals surface area (Å²) in [7, 11) is 0. The number of carbonyl (C=O) groups excluding carboxylic acids is 1. The number of nitro groups is 1. The molecular weight excluding hydrogens is 322 g/mol. The summed E-state index contributed by atoms with van der Waals surface area (Å²) in [5.41, 5.74) is 0.276. The van der Waals surface area contributed by atoms with Crippen molar-refractivity contribution in [3.63, 3.8) is 0 Å². The molecule has 2 aromatic rings. The molecule has 1 aromatic heterocycles. The van der Waals surface area contributed by atoms with Crippen molar-refractivity contribution in [3.05, 3.63) is 52.3 Å². The van der Waals surface area contributed by atoms with Crippen LogP contribution in [-0.2, 0) is 0 Å². The molecule has 1 amide bonds. The van der Waals surface area contributed by atoms with Gasteiger partial charge >= 0.3 is 0 Å². The zero-order chi connectivity index (χ0) is 17.8. The number of rotatable bonds is 4. The predicted octanol–water partition coefficient (Wildman–Crippen LogP) is 2.87. The van der Waals surface area contributed by atoms with Crippen molar-refractivity contribution in [2.24, 2.45) is 5.92 Å². The normalized spacial score (nSPS) is 15.0. The van der Waals surface area contributed by atoms with Gasteiger partial charge in [0.15, 0.2) is 0 Å². The fourth-order valence-corrected chi connectivity index (χ4v) is 2.75. The van der Waals surface area contributed by atoms with Crippen LogP contribution in [-0.4, -0.2) is 33.9 Å². The van der Waals surface area contributed by atoms with Gasteiger partial charge < -0.3 is 10.2 Å². The summed E-state index contributed by atoms with van der Waals surface area (Å²) in [5, 5.41) is 13.4. The lowest BCUT2D eigenvalue weighted by atomic mass is 9.99. The molecule has 1 aliphatic rings. The molecule has 0 unspecified atom stereocenters. The molecular formula is C17H19N5O3. The highest BCUT2D eigenvalue weighted by Gasteiger charge is 2.18. The monoisotopic (exact) mass is 341 g/mol. The van der Waals surface area contributed by atoms with Crippen molar-refractivity contribution >= 4 is 23.2 Å². The van der Waals surface area contributed by atoms with Gasteiger partial charge in [-0.15, -0.1) is 0 Å². The molecule has 8 nitrogen and oxygen atoms in total. The first-order valence-corrected chi connectivity index (χ1v) is 8.16. The van der Waals surface area contributed by atoms with E-state index in [1.54, 1.807) is 6.07 Å². The maximum absolute atomic E-state index is 12.3. The van der Waals surface area contributed by atoms with Crippen molar-refractivity contribution in [2.75, 3.05) is 23.3 Å². The molecule has 0 radical (unpaired) electrons. The van der Waals surface area contributed by atoms with Crippen LogP contribution in [0.25, 0.3) is 0 Å². The second kappa shape index (κ2) is 7.25. The summed E-state index contributed by atoms with van der Waals surface area (Å²) in [6, 6.07) is 7.19. The second-order valence-electron chi connectivity index (χ2n) is 6.19. The van der Waals surface area contributed by atoms with Crippen LogP contribution in [0.15, 0.2) is 36.7 Å². The summed E-state index contributed by atoms with van der Waals surface area (Å²) < 4.78 is 0. The number of hydrogen-bond donors (Lipinski definition) is 1. The van der Waals surface area contributed by atoms with E-state index < -0.39 is 4.92 Å². The Hall–Kier alpha value is -3.03. The van der Waals surface area contributed by atoms with Gasteiger partial charge in [0.25, 0.3) is 11.6 Å². The number of nitrogens with one attached hydrogen (secondary N) is 1. The van der Waals surface area contributed by atoms with E-state index in [2.05, 4.69) is 27.1 Å². The van der Waals surface area contributed by atoms with Crippen molar-refractivity contribution < 1.29 is 9.72 Å². The first-order chi connectivity index (χ1) is 12.0. The first-order valence-electron chi connectivity index (χ1n) is 8.16. The minimum absolute atomic E-state index is 0.0554. The fraction of sp³-hybridized carbons (Fsp3) is 0.353. The number of anilines is 2. The molecule has 1 aromatic carbocycles. The van der Waals surface area contributed by atoms with Gasteiger partial charge in [0.05, 0.1) is 4.92 Å². The number of amides is 1. The molecule has 3 rings (SSSR count). The molecule has 0 saturated carbocycles. The third-order valence-corrected chi connectivity index (χ3v) is 4.34. The number of nitrogens with zero attached hydrogens (tertiary/aromatic N) is 4. The van der Waals surface area contributed by atoms with Crippen LogP contribution in [0.1, 0.15) is 30.1 Å². The average molecular weight is 341 g/mol. The van der Waals surface area contributed by atoms with Gasteiger partial charge in [-0.25, -0.2) is 9.97 Å². The Morgan fingerprint density at radius 1 is 1.24 bits per heavy atom. The van der Waals surface area contributed by atoms with E-state index in [9.17, 15) is 14.9 Å². The number of piperidine rings is 1. The number of hydrogen-bond acceptors (Lipinski definition) is 6. The Morgan fingerprint density at radius 3 is 2.56 bits per heavy atom.